The molecule has 7 nitrogen and oxygen atoms in total. The van der Waals surface area contributed by atoms with Gasteiger partial charge in [0.05, 0.1) is 4.90 Å². The van der Waals surface area contributed by atoms with Crippen LogP contribution in [0.4, 0.5) is 11.5 Å². The SMILES string of the molecule is CC(C)(C)c1cc(NC(=O)c2ccc(S(=O)(=O)Nc3ccccc3)cc2)n[nH]1. The van der Waals surface area contributed by atoms with E-state index in [-0.39, 0.29) is 16.2 Å². The summed E-state index contributed by atoms with van der Waals surface area (Å²) in [6.07, 6.45) is 0. The quantitative estimate of drug-likeness (QED) is 0.609. The Balaban J connectivity index is 1.71. The minimum absolute atomic E-state index is 0.0719. The van der Waals surface area contributed by atoms with Crippen molar-refractivity contribution in [3.05, 3.63) is 71.9 Å². The van der Waals surface area contributed by atoms with Gasteiger partial charge in [0.1, 0.15) is 0 Å². The monoisotopic (exact) mass is 398 g/mol. The number of hydrogen-bond acceptors (Lipinski definition) is 4. The zero-order valence-electron chi connectivity index (χ0n) is 15.9. The highest BCUT2D eigenvalue weighted by Gasteiger charge is 2.18. The Labute approximate surface area is 164 Å². The maximum atomic E-state index is 12.4. The molecule has 0 bridgehead atoms. The average Bonchev–Trinajstić information content (AvgIpc) is 3.11. The summed E-state index contributed by atoms with van der Waals surface area (Å²) >= 11 is 0. The Morgan fingerprint density at radius 2 is 1.64 bits per heavy atom. The highest BCUT2D eigenvalue weighted by atomic mass is 32.2. The molecule has 3 N–H and O–H groups in total. The molecule has 0 unspecified atom stereocenters. The number of benzene rings is 2. The number of sulfonamides is 1. The van der Waals surface area contributed by atoms with Gasteiger partial charge in [-0.1, -0.05) is 39.0 Å². The van der Waals surface area contributed by atoms with Gasteiger partial charge in [-0.25, -0.2) is 8.42 Å². The van der Waals surface area contributed by atoms with Gasteiger partial charge in [0.2, 0.25) is 0 Å². The van der Waals surface area contributed by atoms with E-state index in [1.54, 1.807) is 36.4 Å². The van der Waals surface area contributed by atoms with E-state index in [2.05, 4.69) is 20.2 Å². The molecule has 0 spiro atoms. The molecule has 3 rings (SSSR count). The summed E-state index contributed by atoms with van der Waals surface area (Å²) in [4.78, 5) is 12.5. The number of nitrogens with zero attached hydrogens (tertiary/aromatic N) is 1. The van der Waals surface area contributed by atoms with Crippen LogP contribution < -0.4 is 10.0 Å². The second kappa shape index (κ2) is 7.47. The lowest BCUT2D eigenvalue weighted by Crippen LogP contribution is -2.15. The zero-order chi connectivity index (χ0) is 20.4. The van der Waals surface area contributed by atoms with Crippen LogP contribution in [-0.4, -0.2) is 24.5 Å². The molecule has 1 heterocycles. The van der Waals surface area contributed by atoms with Crippen molar-refractivity contribution in [2.24, 2.45) is 0 Å². The van der Waals surface area contributed by atoms with Gasteiger partial charge in [-0.2, -0.15) is 5.10 Å². The second-order valence-electron chi connectivity index (χ2n) is 7.37. The number of rotatable bonds is 5. The maximum absolute atomic E-state index is 12.4. The minimum Gasteiger partial charge on any atom is -0.305 e. The topological polar surface area (TPSA) is 104 Å². The summed E-state index contributed by atoms with van der Waals surface area (Å²) in [5.74, 6) is 0.0456. The highest BCUT2D eigenvalue weighted by Crippen LogP contribution is 2.22. The van der Waals surface area contributed by atoms with E-state index in [4.69, 9.17) is 0 Å². The van der Waals surface area contributed by atoms with Gasteiger partial charge in [-0.3, -0.25) is 14.6 Å². The molecule has 0 atom stereocenters. The molecule has 0 saturated carbocycles. The Morgan fingerprint density at radius 1 is 1.00 bits per heavy atom. The lowest BCUT2D eigenvalue weighted by Gasteiger charge is -2.14. The number of carbonyl (C=O) groups excluding carboxylic acids is 1. The predicted molar refractivity (Wildman–Crippen MR) is 109 cm³/mol. The molecule has 0 saturated heterocycles. The molecule has 3 aromatic rings. The van der Waals surface area contributed by atoms with Crippen LogP contribution in [0.3, 0.4) is 0 Å². The number of nitrogens with one attached hydrogen (secondary N) is 3. The molecule has 0 aliphatic carbocycles. The summed E-state index contributed by atoms with van der Waals surface area (Å²) in [6, 6.07) is 16.1. The predicted octanol–water partition coefficient (Wildman–Crippen LogP) is 3.76. The Bertz CT molecular complexity index is 1070. The van der Waals surface area contributed by atoms with Crippen molar-refractivity contribution in [2.45, 2.75) is 31.1 Å². The molecule has 0 aliphatic heterocycles. The van der Waals surface area contributed by atoms with Gasteiger partial charge in [0.15, 0.2) is 5.82 Å². The molecule has 1 aromatic heterocycles. The van der Waals surface area contributed by atoms with Crippen LogP contribution in [0.1, 0.15) is 36.8 Å². The normalized spacial score (nSPS) is 11.8. The van der Waals surface area contributed by atoms with Crippen LogP contribution in [0.2, 0.25) is 0 Å². The molecule has 0 aliphatic rings. The van der Waals surface area contributed by atoms with Crippen molar-refractivity contribution < 1.29 is 13.2 Å². The molecule has 0 fully saturated rings. The first-order chi connectivity index (χ1) is 13.1. The third-order valence-corrected chi connectivity index (χ3v) is 5.48. The largest absolute Gasteiger partial charge is 0.305 e. The Morgan fingerprint density at radius 3 is 2.21 bits per heavy atom. The fourth-order valence-electron chi connectivity index (χ4n) is 2.46. The van der Waals surface area contributed by atoms with Gasteiger partial charge in [-0.15, -0.1) is 0 Å². The minimum atomic E-state index is -3.73. The first kappa shape index (κ1) is 19.6. The molecule has 146 valence electrons. The first-order valence-electron chi connectivity index (χ1n) is 8.70. The number of aromatic amines is 1. The fourth-order valence-corrected chi connectivity index (χ4v) is 3.52. The maximum Gasteiger partial charge on any atom is 0.261 e. The number of H-pyrrole nitrogens is 1. The van der Waals surface area contributed by atoms with E-state index < -0.39 is 10.0 Å². The van der Waals surface area contributed by atoms with Crippen LogP contribution in [0.25, 0.3) is 0 Å². The third-order valence-electron chi connectivity index (χ3n) is 4.08. The molecule has 0 radical (unpaired) electrons. The molecule has 2 aromatic carbocycles. The Kier molecular flexibility index (Phi) is 5.24. The van der Waals surface area contributed by atoms with E-state index in [1.165, 1.54) is 24.3 Å². The zero-order valence-corrected chi connectivity index (χ0v) is 16.7. The van der Waals surface area contributed by atoms with Crippen LogP contribution in [0.15, 0.2) is 65.6 Å². The van der Waals surface area contributed by atoms with Crippen molar-refractivity contribution in [2.75, 3.05) is 10.0 Å². The number of hydrogen-bond donors (Lipinski definition) is 3. The molecule has 1 amide bonds. The summed E-state index contributed by atoms with van der Waals surface area (Å²) in [7, 11) is -3.73. The van der Waals surface area contributed by atoms with Crippen LogP contribution in [0, 0.1) is 0 Å². The van der Waals surface area contributed by atoms with Crippen LogP contribution in [0.5, 0.6) is 0 Å². The van der Waals surface area contributed by atoms with Crippen LogP contribution >= 0.6 is 0 Å². The van der Waals surface area contributed by atoms with E-state index in [0.717, 1.165) is 5.69 Å². The number of para-hydroxylation sites is 1. The van der Waals surface area contributed by atoms with E-state index in [0.29, 0.717) is 17.1 Å². The van der Waals surface area contributed by atoms with Crippen LogP contribution in [-0.2, 0) is 15.4 Å². The number of anilines is 2. The van der Waals surface area contributed by atoms with Crippen molar-refractivity contribution in [3.8, 4) is 0 Å². The van der Waals surface area contributed by atoms with Crippen molar-refractivity contribution in [1.82, 2.24) is 10.2 Å². The first-order valence-corrected chi connectivity index (χ1v) is 10.2. The van der Waals surface area contributed by atoms with Gasteiger partial charge in [0, 0.05) is 28.4 Å². The summed E-state index contributed by atoms with van der Waals surface area (Å²) < 4.78 is 27.4. The van der Waals surface area contributed by atoms with Crippen molar-refractivity contribution >= 4 is 27.4 Å². The smallest absolute Gasteiger partial charge is 0.261 e. The average molecular weight is 398 g/mol. The molecular weight excluding hydrogens is 376 g/mol. The fraction of sp³-hybridized carbons (Fsp3) is 0.200. The summed E-state index contributed by atoms with van der Waals surface area (Å²) in [6.45, 7) is 6.11. The van der Waals surface area contributed by atoms with E-state index in [1.807, 2.05) is 20.8 Å². The van der Waals surface area contributed by atoms with Gasteiger partial charge in [0.25, 0.3) is 15.9 Å². The lowest BCUT2D eigenvalue weighted by atomic mass is 9.92. The lowest BCUT2D eigenvalue weighted by molar-refractivity contribution is 0.102. The van der Waals surface area contributed by atoms with E-state index in [9.17, 15) is 13.2 Å². The summed E-state index contributed by atoms with van der Waals surface area (Å²) in [5.41, 5.74) is 1.59. The van der Waals surface area contributed by atoms with Crippen molar-refractivity contribution in [3.63, 3.8) is 0 Å². The third kappa shape index (κ3) is 4.58. The van der Waals surface area contributed by atoms with Gasteiger partial charge in [-0.05, 0) is 36.4 Å². The number of aromatic nitrogens is 2. The number of carbonyl (C=O) groups is 1. The molecule has 28 heavy (non-hydrogen) atoms. The Hall–Kier alpha value is -3.13. The second-order valence-corrected chi connectivity index (χ2v) is 9.05. The standard InChI is InChI=1S/C20H22N4O3S/c1-20(2,3)17-13-18(23-22-17)21-19(25)14-9-11-16(12-10-14)28(26,27)24-15-7-5-4-6-8-15/h4-13,24H,1-3H3,(H2,21,22,23,25). The number of amides is 1. The van der Waals surface area contributed by atoms with Gasteiger partial charge < -0.3 is 5.32 Å². The molecule has 8 heteroatoms. The van der Waals surface area contributed by atoms with Crippen molar-refractivity contribution in [1.29, 1.82) is 0 Å². The highest BCUT2D eigenvalue weighted by molar-refractivity contribution is 7.92. The molecular formula is C20H22N4O3S. The van der Waals surface area contributed by atoms with Gasteiger partial charge >= 0.3 is 0 Å². The van der Waals surface area contributed by atoms with E-state index >= 15 is 0 Å². The summed E-state index contributed by atoms with van der Waals surface area (Å²) in [5, 5.41) is 9.69.